The highest BCUT2D eigenvalue weighted by Gasteiger charge is 2.07. The predicted octanol–water partition coefficient (Wildman–Crippen LogP) is 1.96. The Morgan fingerprint density at radius 3 is 2.63 bits per heavy atom. The number of carbonyl (C=O) groups is 1. The van der Waals surface area contributed by atoms with Crippen molar-refractivity contribution in [2.45, 2.75) is 13.1 Å². The van der Waals surface area contributed by atoms with Crippen LogP contribution in [0.2, 0.25) is 0 Å². The fraction of sp³-hybridized carbons (Fsp3) is 0.308. The minimum atomic E-state index is -0.311. The number of benzene rings is 1. The summed E-state index contributed by atoms with van der Waals surface area (Å²) in [4.78, 5) is 13.5. The third-order valence-corrected chi connectivity index (χ3v) is 3.32. The molecule has 1 aromatic heterocycles. The van der Waals surface area contributed by atoms with Gasteiger partial charge in [0.15, 0.2) is 0 Å². The Labute approximate surface area is 115 Å². The van der Waals surface area contributed by atoms with Crippen molar-refractivity contribution >= 4 is 17.3 Å². The number of hydrogen-bond donors (Lipinski definition) is 0. The minimum Gasteiger partial charge on any atom is -0.465 e. The second-order valence-corrected chi connectivity index (χ2v) is 5.11. The van der Waals surface area contributed by atoms with E-state index in [1.165, 1.54) is 7.11 Å². The number of aromatic nitrogens is 2. The summed E-state index contributed by atoms with van der Waals surface area (Å²) in [6.45, 7) is 1.56. The van der Waals surface area contributed by atoms with Gasteiger partial charge in [-0.3, -0.25) is 4.90 Å². The van der Waals surface area contributed by atoms with Gasteiger partial charge in [0.05, 0.1) is 19.2 Å². The summed E-state index contributed by atoms with van der Waals surface area (Å²) in [5.41, 5.74) is 3.44. The van der Waals surface area contributed by atoms with Crippen LogP contribution in [0.15, 0.2) is 29.8 Å². The Morgan fingerprint density at radius 2 is 2.05 bits per heavy atom. The molecular formula is C13H15N3O2S. The third kappa shape index (κ3) is 3.84. The van der Waals surface area contributed by atoms with Crippen LogP contribution < -0.4 is 0 Å². The highest BCUT2D eigenvalue weighted by molar-refractivity contribution is 7.09. The number of methoxy groups -OCH3 is 1. The minimum absolute atomic E-state index is 0.311. The molecule has 0 bridgehead atoms. The molecule has 0 saturated heterocycles. The van der Waals surface area contributed by atoms with Crippen LogP contribution in [-0.2, 0) is 17.8 Å². The van der Waals surface area contributed by atoms with Gasteiger partial charge in [0.1, 0.15) is 10.5 Å². The van der Waals surface area contributed by atoms with Gasteiger partial charge in [-0.15, -0.1) is 21.5 Å². The van der Waals surface area contributed by atoms with E-state index in [0.717, 1.165) is 23.7 Å². The van der Waals surface area contributed by atoms with Crippen molar-refractivity contribution in [3.63, 3.8) is 0 Å². The first-order valence-corrected chi connectivity index (χ1v) is 6.68. The summed E-state index contributed by atoms with van der Waals surface area (Å²) in [5, 5.41) is 8.82. The zero-order valence-electron chi connectivity index (χ0n) is 10.9. The summed E-state index contributed by atoms with van der Waals surface area (Å²) in [7, 11) is 3.40. The first-order valence-electron chi connectivity index (χ1n) is 5.80. The van der Waals surface area contributed by atoms with Crippen LogP contribution >= 0.6 is 11.3 Å². The fourth-order valence-electron chi connectivity index (χ4n) is 1.73. The number of rotatable bonds is 5. The van der Waals surface area contributed by atoms with Crippen molar-refractivity contribution in [1.29, 1.82) is 0 Å². The molecule has 0 aliphatic heterocycles. The van der Waals surface area contributed by atoms with E-state index in [9.17, 15) is 4.79 Å². The van der Waals surface area contributed by atoms with Gasteiger partial charge < -0.3 is 4.74 Å². The Balaban J connectivity index is 1.93. The topological polar surface area (TPSA) is 55.3 Å². The lowest BCUT2D eigenvalue weighted by atomic mass is 10.1. The van der Waals surface area contributed by atoms with Gasteiger partial charge in [-0.05, 0) is 24.7 Å². The van der Waals surface area contributed by atoms with Crippen LogP contribution in [0.5, 0.6) is 0 Å². The third-order valence-electron chi connectivity index (χ3n) is 2.64. The molecule has 0 aliphatic carbocycles. The second-order valence-electron chi connectivity index (χ2n) is 4.19. The summed E-state index contributed by atoms with van der Waals surface area (Å²) in [6.07, 6.45) is 0. The molecule has 5 nitrogen and oxygen atoms in total. The van der Waals surface area contributed by atoms with Gasteiger partial charge >= 0.3 is 5.97 Å². The quantitative estimate of drug-likeness (QED) is 0.782. The second kappa shape index (κ2) is 6.40. The fourth-order valence-corrected chi connectivity index (χ4v) is 2.33. The number of esters is 1. The Kier molecular flexibility index (Phi) is 4.59. The van der Waals surface area contributed by atoms with E-state index in [2.05, 4.69) is 19.8 Å². The molecule has 0 unspecified atom stereocenters. The normalized spacial score (nSPS) is 10.7. The Hall–Kier alpha value is -1.79. The summed E-state index contributed by atoms with van der Waals surface area (Å²) >= 11 is 1.55. The zero-order chi connectivity index (χ0) is 13.7. The van der Waals surface area contributed by atoms with Gasteiger partial charge in [-0.1, -0.05) is 12.1 Å². The lowest BCUT2D eigenvalue weighted by Crippen LogP contribution is -2.17. The van der Waals surface area contributed by atoms with Gasteiger partial charge in [-0.2, -0.15) is 0 Å². The molecule has 100 valence electrons. The van der Waals surface area contributed by atoms with E-state index in [0.29, 0.717) is 5.56 Å². The lowest BCUT2D eigenvalue weighted by molar-refractivity contribution is 0.0600. The first-order chi connectivity index (χ1) is 9.19. The maximum atomic E-state index is 11.3. The van der Waals surface area contributed by atoms with Gasteiger partial charge in [-0.25, -0.2) is 4.79 Å². The van der Waals surface area contributed by atoms with Crippen molar-refractivity contribution in [2.24, 2.45) is 0 Å². The molecule has 0 spiro atoms. The number of carbonyl (C=O) groups excluding carboxylic acids is 1. The maximum absolute atomic E-state index is 11.3. The average Bonchev–Trinajstić information content (AvgIpc) is 2.91. The molecule has 6 heteroatoms. The standard InChI is InChI=1S/C13H15N3O2S/c1-16(8-12-15-14-9-19-12)7-10-3-5-11(6-4-10)13(17)18-2/h3-6,9H,7-8H2,1-2H3. The number of nitrogens with zero attached hydrogens (tertiary/aromatic N) is 3. The Morgan fingerprint density at radius 1 is 1.32 bits per heavy atom. The molecule has 0 radical (unpaired) electrons. The average molecular weight is 277 g/mol. The van der Waals surface area contributed by atoms with Crippen LogP contribution in [-0.4, -0.2) is 35.2 Å². The molecule has 0 atom stereocenters. The molecule has 0 amide bonds. The van der Waals surface area contributed by atoms with Crippen molar-refractivity contribution in [1.82, 2.24) is 15.1 Å². The molecule has 0 N–H and O–H groups in total. The molecule has 1 heterocycles. The van der Waals surface area contributed by atoms with Gasteiger partial charge in [0.25, 0.3) is 0 Å². The lowest BCUT2D eigenvalue weighted by Gasteiger charge is -2.14. The zero-order valence-corrected chi connectivity index (χ0v) is 11.7. The van der Waals surface area contributed by atoms with E-state index in [1.54, 1.807) is 29.0 Å². The number of hydrogen-bond acceptors (Lipinski definition) is 6. The van der Waals surface area contributed by atoms with Crippen LogP contribution in [0, 0.1) is 0 Å². The smallest absolute Gasteiger partial charge is 0.337 e. The maximum Gasteiger partial charge on any atom is 0.337 e. The summed E-state index contributed by atoms with van der Waals surface area (Å²) in [6, 6.07) is 7.42. The first kappa shape index (κ1) is 13.6. The SMILES string of the molecule is COC(=O)c1ccc(CN(C)Cc2nncs2)cc1. The molecule has 0 aliphatic rings. The monoisotopic (exact) mass is 277 g/mol. The Bertz CT molecular complexity index is 525. The van der Waals surface area contributed by atoms with E-state index in [1.807, 2.05) is 19.2 Å². The van der Waals surface area contributed by atoms with E-state index in [4.69, 9.17) is 0 Å². The van der Waals surface area contributed by atoms with E-state index < -0.39 is 0 Å². The van der Waals surface area contributed by atoms with Crippen LogP contribution in [0.4, 0.5) is 0 Å². The van der Waals surface area contributed by atoms with Crippen molar-refractivity contribution in [3.8, 4) is 0 Å². The molecular weight excluding hydrogens is 262 g/mol. The van der Waals surface area contributed by atoms with Crippen molar-refractivity contribution < 1.29 is 9.53 Å². The van der Waals surface area contributed by atoms with Crippen molar-refractivity contribution in [2.75, 3.05) is 14.2 Å². The molecule has 0 saturated carbocycles. The van der Waals surface area contributed by atoms with Gasteiger partial charge in [0.2, 0.25) is 0 Å². The highest BCUT2D eigenvalue weighted by Crippen LogP contribution is 2.11. The van der Waals surface area contributed by atoms with Crippen LogP contribution in [0.3, 0.4) is 0 Å². The van der Waals surface area contributed by atoms with Crippen LogP contribution in [0.1, 0.15) is 20.9 Å². The van der Waals surface area contributed by atoms with Crippen molar-refractivity contribution in [3.05, 3.63) is 45.9 Å². The molecule has 1 aromatic carbocycles. The highest BCUT2D eigenvalue weighted by atomic mass is 32.1. The molecule has 19 heavy (non-hydrogen) atoms. The van der Waals surface area contributed by atoms with Crippen LogP contribution in [0.25, 0.3) is 0 Å². The van der Waals surface area contributed by atoms with E-state index in [-0.39, 0.29) is 5.97 Å². The largest absolute Gasteiger partial charge is 0.465 e. The summed E-state index contributed by atoms with van der Waals surface area (Å²) in [5.74, 6) is -0.311. The molecule has 0 fully saturated rings. The number of ether oxygens (including phenoxy) is 1. The van der Waals surface area contributed by atoms with Gasteiger partial charge in [0, 0.05) is 6.54 Å². The summed E-state index contributed by atoms with van der Waals surface area (Å²) < 4.78 is 4.66. The molecule has 2 aromatic rings. The predicted molar refractivity (Wildman–Crippen MR) is 72.9 cm³/mol. The van der Waals surface area contributed by atoms with E-state index >= 15 is 0 Å². The molecule has 2 rings (SSSR count).